The minimum Gasteiger partial charge on any atom is -0.396 e. The number of likely N-dealkylation sites (tertiary alicyclic amines) is 1. The van der Waals surface area contributed by atoms with Crippen LogP contribution in [0, 0.1) is 11.8 Å². The number of rotatable bonds is 8. The highest BCUT2D eigenvalue weighted by atomic mass is 35.5. The number of halogens is 2. The summed E-state index contributed by atoms with van der Waals surface area (Å²) in [5, 5.41) is 13.9. The molecule has 6 nitrogen and oxygen atoms in total. The SMILES string of the molecule is C[C@H](CCO)N1CCC[C@@H](C2CN(c3cncc(N[C@H](C)c4ccc(Cl)cc4Cl)n3)C2)C1. The zero-order valence-corrected chi connectivity index (χ0v) is 20.4. The summed E-state index contributed by atoms with van der Waals surface area (Å²) in [7, 11) is 0. The van der Waals surface area contributed by atoms with Crippen molar-refractivity contribution in [1.82, 2.24) is 14.9 Å². The molecule has 32 heavy (non-hydrogen) atoms. The molecule has 2 fully saturated rings. The van der Waals surface area contributed by atoms with Crippen molar-refractivity contribution in [2.45, 2.75) is 45.2 Å². The van der Waals surface area contributed by atoms with Crippen LogP contribution >= 0.6 is 23.2 Å². The van der Waals surface area contributed by atoms with E-state index in [1.807, 2.05) is 18.3 Å². The first kappa shape index (κ1) is 23.6. The van der Waals surface area contributed by atoms with Gasteiger partial charge >= 0.3 is 0 Å². The molecule has 1 aromatic heterocycles. The van der Waals surface area contributed by atoms with E-state index in [0.29, 0.717) is 22.0 Å². The smallest absolute Gasteiger partial charge is 0.149 e. The van der Waals surface area contributed by atoms with Gasteiger partial charge in [0.25, 0.3) is 0 Å². The molecule has 2 aromatic rings. The van der Waals surface area contributed by atoms with Gasteiger partial charge in [-0.2, -0.15) is 0 Å². The van der Waals surface area contributed by atoms with Crippen LogP contribution in [0.1, 0.15) is 44.7 Å². The van der Waals surface area contributed by atoms with Gasteiger partial charge in [-0.1, -0.05) is 29.3 Å². The lowest BCUT2D eigenvalue weighted by atomic mass is 9.80. The first-order valence-corrected chi connectivity index (χ1v) is 12.3. The van der Waals surface area contributed by atoms with E-state index in [2.05, 4.69) is 33.9 Å². The summed E-state index contributed by atoms with van der Waals surface area (Å²) in [6.45, 7) is 8.92. The predicted octanol–water partition coefficient (Wildman–Crippen LogP) is 4.88. The van der Waals surface area contributed by atoms with Crippen LogP contribution in [-0.2, 0) is 0 Å². The van der Waals surface area contributed by atoms with Crippen molar-refractivity contribution in [3.8, 4) is 0 Å². The molecule has 0 aliphatic carbocycles. The zero-order valence-electron chi connectivity index (χ0n) is 18.8. The fourth-order valence-electron chi connectivity index (χ4n) is 4.92. The van der Waals surface area contributed by atoms with Gasteiger partial charge < -0.3 is 20.2 Å². The van der Waals surface area contributed by atoms with Gasteiger partial charge in [-0.25, -0.2) is 4.98 Å². The van der Waals surface area contributed by atoms with Crippen molar-refractivity contribution in [3.63, 3.8) is 0 Å². The molecule has 4 rings (SSSR count). The number of hydrogen-bond acceptors (Lipinski definition) is 6. The van der Waals surface area contributed by atoms with E-state index in [0.717, 1.165) is 55.7 Å². The maximum absolute atomic E-state index is 9.26. The third-order valence-electron chi connectivity index (χ3n) is 6.98. The van der Waals surface area contributed by atoms with E-state index >= 15 is 0 Å². The van der Waals surface area contributed by atoms with E-state index in [-0.39, 0.29) is 12.6 Å². The van der Waals surface area contributed by atoms with Crippen LogP contribution in [0.25, 0.3) is 0 Å². The Hall–Kier alpha value is -1.60. The van der Waals surface area contributed by atoms with E-state index in [1.165, 1.54) is 12.8 Å². The highest BCUT2D eigenvalue weighted by Gasteiger charge is 2.37. The fourth-order valence-corrected chi connectivity index (χ4v) is 5.49. The monoisotopic (exact) mass is 477 g/mol. The molecule has 2 N–H and O–H groups in total. The number of aliphatic hydroxyl groups is 1. The van der Waals surface area contributed by atoms with Crippen LogP contribution in [0.3, 0.4) is 0 Å². The van der Waals surface area contributed by atoms with Crippen LogP contribution in [0.5, 0.6) is 0 Å². The van der Waals surface area contributed by atoms with E-state index < -0.39 is 0 Å². The molecule has 1 aromatic carbocycles. The number of aliphatic hydroxyl groups excluding tert-OH is 1. The first-order valence-electron chi connectivity index (χ1n) is 11.6. The molecular formula is C24H33Cl2N5O. The Kier molecular flexibility index (Phi) is 7.77. The lowest BCUT2D eigenvalue weighted by Gasteiger charge is -2.48. The molecule has 2 aliphatic heterocycles. The maximum atomic E-state index is 9.26. The third kappa shape index (κ3) is 5.48. The molecule has 3 heterocycles. The summed E-state index contributed by atoms with van der Waals surface area (Å²) < 4.78 is 0. The van der Waals surface area contributed by atoms with Crippen LogP contribution in [-0.4, -0.2) is 58.8 Å². The van der Waals surface area contributed by atoms with Crippen LogP contribution in [0.15, 0.2) is 30.6 Å². The Bertz CT molecular complexity index is 908. The largest absolute Gasteiger partial charge is 0.396 e. The van der Waals surface area contributed by atoms with Crippen molar-refractivity contribution < 1.29 is 5.11 Å². The molecular weight excluding hydrogens is 445 g/mol. The second-order valence-corrected chi connectivity index (χ2v) is 10.1. The van der Waals surface area contributed by atoms with Crippen molar-refractivity contribution >= 4 is 34.8 Å². The third-order valence-corrected chi connectivity index (χ3v) is 7.54. The van der Waals surface area contributed by atoms with Gasteiger partial charge in [-0.3, -0.25) is 4.98 Å². The molecule has 3 atom stereocenters. The van der Waals surface area contributed by atoms with Gasteiger partial charge in [0.1, 0.15) is 11.6 Å². The maximum Gasteiger partial charge on any atom is 0.149 e. The van der Waals surface area contributed by atoms with Gasteiger partial charge in [0.2, 0.25) is 0 Å². The number of hydrogen-bond donors (Lipinski definition) is 2. The van der Waals surface area contributed by atoms with Gasteiger partial charge in [-0.05, 0) is 69.2 Å². The highest BCUT2D eigenvalue weighted by molar-refractivity contribution is 6.35. The molecule has 2 aliphatic rings. The van der Waals surface area contributed by atoms with Crippen LogP contribution < -0.4 is 10.2 Å². The van der Waals surface area contributed by atoms with Crippen LogP contribution in [0.2, 0.25) is 10.0 Å². The summed E-state index contributed by atoms with van der Waals surface area (Å²) in [6.07, 6.45) is 7.01. The molecule has 0 unspecified atom stereocenters. The van der Waals surface area contributed by atoms with Crippen molar-refractivity contribution in [3.05, 3.63) is 46.2 Å². The summed E-state index contributed by atoms with van der Waals surface area (Å²) in [4.78, 5) is 14.1. The summed E-state index contributed by atoms with van der Waals surface area (Å²) in [5.74, 6) is 3.08. The standard InChI is InChI=1S/C24H33Cl2N5O/c1-16(7-9-32)30-8-3-4-18(13-30)19-14-31(15-19)24-12-27-11-23(29-24)28-17(2)21-6-5-20(25)10-22(21)26/h5-6,10-12,16-19,32H,3-4,7-9,13-15H2,1-2H3,(H,28,29)/t16-,17-,18-/m1/s1. The molecule has 0 amide bonds. The molecule has 0 saturated carbocycles. The topological polar surface area (TPSA) is 64.5 Å². The second kappa shape index (κ2) is 10.6. The fraction of sp³-hybridized carbons (Fsp3) is 0.583. The Balaban J connectivity index is 1.33. The summed E-state index contributed by atoms with van der Waals surface area (Å²) >= 11 is 12.4. The van der Waals surface area contributed by atoms with Crippen molar-refractivity contribution in [2.75, 3.05) is 43.0 Å². The number of nitrogens with one attached hydrogen (secondary N) is 1. The molecule has 0 radical (unpaired) electrons. The number of piperidine rings is 1. The Labute approximate surface area is 200 Å². The van der Waals surface area contributed by atoms with Crippen molar-refractivity contribution in [2.24, 2.45) is 11.8 Å². The average Bonchev–Trinajstić information content (AvgIpc) is 2.73. The normalized spacial score (nSPS) is 21.8. The average molecular weight is 478 g/mol. The van der Waals surface area contributed by atoms with Gasteiger partial charge in [-0.15, -0.1) is 0 Å². The highest BCUT2D eigenvalue weighted by Crippen LogP contribution is 2.34. The predicted molar refractivity (Wildman–Crippen MR) is 132 cm³/mol. The molecule has 8 heteroatoms. The lowest BCUT2D eigenvalue weighted by molar-refractivity contribution is 0.0791. The van der Waals surface area contributed by atoms with Crippen molar-refractivity contribution in [1.29, 1.82) is 0 Å². The molecule has 174 valence electrons. The van der Waals surface area contributed by atoms with E-state index in [4.69, 9.17) is 28.2 Å². The Morgan fingerprint density at radius 2 is 1.97 bits per heavy atom. The molecule has 2 saturated heterocycles. The van der Waals surface area contributed by atoms with Gasteiger partial charge in [0.05, 0.1) is 18.4 Å². The van der Waals surface area contributed by atoms with Crippen LogP contribution in [0.4, 0.5) is 11.6 Å². The molecule has 0 spiro atoms. The Morgan fingerprint density at radius 1 is 1.16 bits per heavy atom. The number of anilines is 2. The Morgan fingerprint density at radius 3 is 2.72 bits per heavy atom. The van der Waals surface area contributed by atoms with E-state index in [1.54, 1.807) is 12.3 Å². The van der Waals surface area contributed by atoms with Gasteiger partial charge in [0.15, 0.2) is 0 Å². The first-order chi connectivity index (χ1) is 15.4. The van der Waals surface area contributed by atoms with E-state index in [9.17, 15) is 5.11 Å². The lowest BCUT2D eigenvalue weighted by Crippen LogP contribution is -2.54. The number of aromatic nitrogens is 2. The number of benzene rings is 1. The quantitative estimate of drug-likeness (QED) is 0.564. The van der Waals surface area contributed by atoms with Gasteiger partial charge in [0, 0.05) is 42.3 Å². The molecule has 0 bridgehead atoms. The minimum atomic E-state index is -0.0115. The zero-order chi connectivity index (χ0) is 22.7. The minimum absolute atomic E-state index is 0.0115. The summed E-state index contributed by atoms with van der Waals surface area (Å²) in [5.41, 5.74) is 0.976. The number of nitrogens with zero attached hydrogens (tertiary/aromatic N) is 4. The summed E-state index contributed by atoms with van der Waals surface area (Å²) in [6, 6.07) is 6.00. The second-order valence-electron chi connectivity index (χ2n) is 9.22.